The number of carbonyl (C=O) groups excluding carboxylic acids is 2. The van der Waals surface area contributed by atoms with E-state index in [-0.39, 0.29) is 5.70 Å². The van der Waals surface area contributed by atoms with E-state index in [0.29, 0.717) is 0 Å². The van der Waals surface area contributed by atoms with Crippen LogP contribution in [0.25, 0.3) is 0 Å². The molecule has 0 spiro atoms. The predicted octanol–water partition coefficient (Wildman–Crippen LogP) is 0.863. The summed E-state index contributed by atoms with van der Waals surface area (Å²) < 4.78 is 8.80. The molecular weight excluding hydrogens is 198 g/mol. The first-order chi connectivity index (χ1) is 7.15. The molecule has 0 aromatic heterocycles. The van der Waals surface area contributed by atoms with Gasteiger partial charge in [0.15, 0.2) is 5.70 Å². The molecule has 5 nitrogen and oxygen atoms in total. The van der Waals surface area contributed by atoms with Crippen LogP contribution in [-0.4, -0.2) is 32.4 Å². The van der Waals surface area contributed by atoms with Crippen LogP contribution in [0.15, 0.2) is 28.9 Å². The van der Waals surface area contributed by atoms with Crippen LogP contribution in [0, 0.1) is 0 Å². The number of methoxy groups -OCH3 is 2. The van der Waals surface area contributed by atoms with Gasteiger partial charge in [0, 0.05) is 6.21 Å². The van der Waals surface area contributed by atoms with E-state index < -0.39 is 11.9 Å². The molecule has 0 fully saturated rings. The van der Waals surface area contributed by atoms with Crippen molar-refractivity contribution in [2.24, 2.45) is 4.99 Å². The normalized spacial score (nSPS) is 12.1. The summed E-state index contributed by atoms with van der Waals surface area (Å²) in [6.45, 7) is 1.80. The van der Waals surface area contributed by atoms with Crippen molar-refractivity contribution in [2.45, 2.75) is 6.92 Å². The predicted molar refractivity (Wildman–Crippen MR) is 55.4 cm³/mol. The minimum absolute atomic E-state index is 0.109. The Morgan fingerprint density at radius 3 is 2.33 bits per heavy atom. The van der Waals surface area contributed by atoms with Crippen molar-refractivity contribution in [1.82, 2.24) is 0 Å². The number of hydrogen-bond acceptors (Lipinski definition) is 5. The Bertz CT molecular complexity index is 315. The number of ether oxygens (including phenoxy) is 2. The van der Waals surface area contributed by atoms with Gasteiger partial charge in [-0.2, -0.15) is 0 Å². The molecule has 82 valence electrons. The molecule has 0 bridgehead atoms. The Labute approximate surface area is 88.1 Å². The molecule has 0 atom stereocenters. The van der Waals surface area contributed by atoms with E-state index in [1.54, 1.807) is 19.1 Å². The zero-order valence-electron chi connectivity index (χ0n) is 8.89. The van der Waals surface area contributed by atoms with Gasteiger partial charge in [-0.1, -0.05) is 6.08 Å². The molecule has 0 rings (SSSR count). The first kappa shape index (κ1) is 13.1. The van der Waals surface area contributed by atoms with Crippen LogP contribution >= 0.6 is 0 Å². The van der Waals surface area contributed by atoms with Gasteiger partial charge in [-0.3, -0.25) is 0 Å². The highest BCUT2D eigenvalue weighted by Crippen LogP contribution is 1.99. The van der Waals surface area contributed by atoms with Crippen LogP contribution in [0.5, 0.6) is 0 Å². The molecule has 15 heavy (non-hydrogen) atoms. The Hall–Kier alpha value is -1.91. The van der Waals surface area contributed by atoms with Gasteiger partial charge in [-0.25, -0.2) is 14.6 Å². The molecular formula is C10H13NO4. The summed E-state index contributed by atoms with van der Waals surface area (Å²) in [5, 5.41) is 0. The molecule has 0 unspecified atom stereocenters. The van der Waals surface area contributed by atoms with Crippen molar-refractivity contribution in [1.29, 1.82) is 0 Å². The van der Waals surface area contributed by atoms with Gasteiger partial charge in [0.2, 0.25) is 0 Å². The number of allylic oxidation sites excluding steroid dienone is 2. The number of esters is 2. The Morgan fingerprint density at radius 2 is 1.87 bits per heavy atom. The van der Waals surface area contributed by atoms with Gasteiger partial charge in [-0.15, -0.1) is 0 Å². The van der Waals surface area contributed by atoms with Crippen molar-refractivity contribution < 1.29 is 19.1 Å². The Balaban J connectivity index is 4.81. The van der Waals surface area contributed by atoms with Gasteiger partial charge in [0.1, 0.15) is 0 Å². The van der Waals surface area contributed by atoms with E-state index in [9.17, 15) is 9.59 Å². The summed E-state index contributed by atoms with van der Waals surface area (Å²) in [5.74, 6) is -1.35. The highest BCUT2D eigenvalue weighted by Gasteiger charge is 2.09. The molecule has 0 aromatic rings. The number of nitrogens with zero attached hydrogens (tertiary/aromatic N) is 1. The number of rotatable bonds is 4. The lowest BCUT2D eigenvalue weighted by Crippen LogP contribution is -2.06. The van der Waals surface area contributed by atoms with Crippen molar-refractivity contribution in [3.63, 3.8) is 0 Å². The maximum Gasteiger partial charge on any atom is 0.356 e. The van der Waals surface area contributed by atoms with E-state index in [1.165, 1.54) is 20.4 Å². The Kier molecular flexibility index (Phi) is 6.54. The zero-order chi connectivity index (χ0) is 11.7. The van der Waals surface area contributed by atoms with Gasteiger partial charge >= 0.3 is 11.9 Å². The molecule has 0 heterocycles. The highest BCUT2D eigenvalue weighted by molar-refractivity contribution is 5.97. The van der Waals surface area contributed by atoms with Gasteiger partial charge in [0.25, 0.3) is 0 Å². The third-order valence-corrected chi connectivity index (χ3v) is 1.34. The third kappa shape index (κ3) is 5.41. The summed E-state index contributed by atoms with van der Waals surface area (Å²) in [4.78, 5) is 25.7. The molecule has 0 saturated carbocycles. The summed E-state index contributed by atoms with van der Waals surface area (Å²) in [6.07, 6.45) is 5.70. The minimum atomic E-state index is -0.693. The average molecular weight is 211 g/mol. The fourth-order valence-corrected chi connectivity index (χ4v) is 0.633. The van der Waals surface area contributed by atoms with Crippen molar-refractivity contribution in [2.75, 3.05) is 14.2 Å². The standard InChI is InChI=1S/C10H13NO4/c1-4-5-6-11-8(10(13)15-3)7-9(12)14-2/h4-7H,1-3H3/b5-4+,8-7+,11-6+. The summed E-state index contributed by atoms with van der Waals surface area (Å²) in [5.41, 5.74) is -0.109. The molecule has 5 heteroatoms. The van der Waals surface area contributed by atoms with Crippen LogP contribution in [0.3, 0.4) is 0 Å². The third-order valence-electron chi connectivity index (χ3n) is 1.34. The highest BCUT2D eigenvalue weighted by atomic mass is 16.5. The monoisotopic (exact) mass is 211 g/mol. The van der Waals surface area contributed by atoms with E-state index in [1.807, 2.05) is 0 Å². The molecule has 0 aromatic carbocycles. The smallest absolute Gasteiger partial charge is 0.356 e. The molecule has 0 amide bonds. The molecule has 0 radical (unpaired) electrons. The molecule has 0 aliphatic carbocycles. The molecule has 0 aliphatic rings. The van der Waals surface area contributed by atoms with Gasteiger partial charge < -0.3 is 9.47 Å². The lowest BCUT2D eigenvalue weighted by molar-refractivity contribution is -0.138. The first-order valence-corrected chi connectivity index (χ1v) is 4.19. The van der Waals surface area contributed by atoms with Crippen LogP contribution in [0.4, 0.5) is 0 Å². The largest absolute Gasteiger partial charge is 0.466 e. The SMILES string of the molecule is C/C=C/C=N/C(=C/C(=O)OC)C(=O)OC. The van der Waals surface area contributed by atoms with Gasteiger partial charge in [0.05, 0.1) is 20.3 Å². The lowest BCUT2D eigenvalue weighted by atomic mass is 10.4. The fourth-order valence-electron chi connectivity index (χ4n) is 0.633. The van der Waals surface area contributed by atoms with Crippen molar-refractivity contribution in [3.05, 3.63) is 23.9 Å². The van der Waals surface area contributed by atoms with E-state index in [0.717, 1.165) is 6.08 Å². The van der Waals surface area contributed by atoms with Crippen molar-refractivity contribution >= 4 is 18.2 Å². The summed E-state index contributed by atoms with van der Waals surface area (Å²) >= 11 is 0. The second-order valence-electron chi connectivity index (χ2n) is 2.35. The van der Waals surface area contributed by atoms with Crippen molar-refractivity contribution in [3.8, 4) is 0 Å². The fraction of sp³-hybridized carbons (Fsp3) is 0.300. The van der Waals surface area contributed by atoms with Crippen LogP contribution in [-0.2, 0) is 19.1 Å². The molecule has 0 saturated heterocycles. The maximum absolute atomic E-state index is 11.1. The van der Waals surface area contributed by atoms with Crippen LogP contribution < -0.4 is 0 Å². The second-order valence-corrected chi connectivity index (χ2v) is 2.35. The zero-order valence-corrected chi connectivity index (χ0v) is 8.89. The average Bonchev–Trinajstić information content (AvgIpc) is 2.26. The van der Waals surface area contributed by atoms with Gasteiger partial charge in [-0.05, 0) is 13.0 Å². The molecule has 0 N–H and O–H groups in total. The van der Waals surface area contributed by atoms with E-state index in [4.69, 9.17) is 0 Å². The Morgan fingerprint density at radius 1 is 1.20 bits per heavy atom. The quantitative estimate of drug-likeness (QED) is 0.393. The number of hydrogen-bond donors (Lipinski definition) is 0. The summed E-state index contributed by atoms with van der Waals surface area (Å²) in [6, 6.07) is 0. The second kappa shape index (κ2) is 7.49. The van der Waals surface area contributed by atoms with Crippen LogP contribution in [0.2, 0.25) is 0 Å². The maximum atomic E-state index is 11.1. The van der Waals surface area contributed by atoms with E-state index in [2.05, 4.69) is 14.5 Å². The van der Waals surface area contributed by atoms with E-state index >= 15 is 0 Å². The minimum Gasteiger partial charge on any atom is -0.466 e. The first-order valence-electron chi connectivity index (χ1n) is 4.19. The molecule has 0 aliphatic heterocycles. The lowest BCUT2D eigenvalue weighted by Gasteiger charge is -1.98. The number of carbonyl (C=O) groups is 2. The topological polar surface area (TPSA) is 65.0 Å². The summed E-state index contributed by atoms with van der Waals surface area (Å²) in [7, 11) is 2.42. The van der Waals surface area contributed by atoms with Crippen LogP contribution in [0.1, 0.15) is 6.92 Å². The number of aliphatic imine (C=N–C) groups is 1.